The molecule has 4 atom stereocenters. The highest BCUT2D eigenvalue weighted by Gasteiger charge is 2.53. The Hall–Kier alpha value is -4.00. The van der Waals surface area contributed by atoms with Crippen molar-refractivity contribution in [3.05, 3.63) is 101 Å². The first kappa shape index (κ1) is 37.8. The van der Waals surface area contributed by atoms with Gasteiger partial charge in [0.25, 0.3) is 5.91 Å². The number of nitrogens with one attached hydrogen (secondary N) is 1. The van der Waals surface area contributed by atoms with Crippen molar-refractivity contribution < 1.29 is 33.8 Å². The Kier molecular flexibility index (Phi) is 12.5. The third kappa shape index (κ3) is 7.18. The Morgan fingerprint density at radius 3 is 2.20 bits per heavy atom. The molecule has 0 spiro atoms. The van der Waals surface area contributed by atoms with E-state index in [-0.39, 0.29) is 63.7 Å². The van der Waals surface area contributed by atoms with Gasteiger partial charge in [0.05, 0.1) is 37.2 Å². The monoisotopic (exact) mass is 707 g/mol. The molecule has 10 nitrogen and oxygen atoms in total. The van der Waals surface area contributed by atoms with Gasteiger partial charge in [0, 0.05) is 32.1 Å². The first-order chi connectivity index (χ1) is 22.8. The van der Waals surface area contributed by atoms with Crippen LogP contribution >= 0.6 is 27.0 Å². The molecule has 6 rings (SSSR count). The molecular formula is C37H45N3O7S2. The molecule has 2 saturated heterocycles. The van der Waals surface area contributed by atoms with Gasteiger partial charge in [-0.15, -0.1) is 0 Å². The molecule has 1 aliphatic carbocycles. The molecule has 0 saturated carbocycles. The number of methoxy groups -OCH3 is 2. The van der Waals surface area contributed by atoms with Crippen molar-refractivity contribution in [3.8, 4) is 5.75 Å². The number of fused-ring (bicyclic) bond motifs is 1. The number of aliphatic hydroxyl groups excluding tert-OH is 1. The fraction of sp³-hybridized carbons (Fsp3) is 0.405. The second-order valence-corrected chi connectivity index (χ2v) is 12.6. The second-order valence-electron chi connectivity index (χ2n) is 12.6. The van der Waals surface area contributed by atoms with Gasteiger partial charge < -0.3 is 29.7 Å². The largest absolute Gasteiger partial charge is 0.496 e. The minimum atomic E-state index is -1.15. The lowest BCUT2D eigenvalue weighted by Gasteiger charge is -2.44. The average molecular weight is 708 g/mol. The van der Waals surface area contributed by atoms with Gasteiger partial charge in [-0.1, -0.05) is 66.7 Å². The van der Waals surface area contributed by atoms with E-state index in [1.165, 1.54) is 19.1 Å². The summed E-state index contributed by atoms with van der Waals surface area (Å²) in [5.74, 6) is -0.963. The molecule has 12 heteroatoms. The smallest absolute Gasteiger partial charge is 0.328 e. The Morgan fingerprint density at radius 1 is 0.857 bits per heavy atom. The molecule has 49 heavy (non-hydrogen) atoms. The summed E-state index contributed by atoms with van der Waals surface area (Å²) in [7, 11) is 2.82. The number of likely N-dealkylation sites (tertiary alicyclic amines) is 2. The SMILES string of the molecule is COC(=O)[C@@H]1C[C@@H](O)CN1C(=O)[C@@]1(c2ccccc2)CC[C@H](C(=O)N2CCC(NC(=O)c3ccccc3OC)CC2)c2ccccc21.S.S. The predicted octanol–water partition coefficient (Wildman–Crippen LogP) is 3.64. The van der Waals surface area contributed by atoms with E-state index in [1.54, 1.807) is 18.2 Å². The average Bonchev–Trinajstić information content (AvgIpc) is 3.52. The maximum Gasteiger partial charge on any atom is 0.328 e. The van der Waals surface area contributed by atoms with Crippen molar-refractivity contribution in [2.45, 2.75) is 61.6 Å². The fourth-order valence-corrected chi connectivity index (χ4v) is 7.67. The zero-order valence-corrected chi connectivity index (χ0v) is 29.8. The number of esters is 1. The number of nitrogens with zero attached hydrogens (tertiary/aromatic N) is 2. The van der Waals surface area contributed by atoms with Crippen molar-refractivity contribution in [2.24, 2.45) is 0 Å². The highest BCUT2D eigenvalue weighted by molar-refractivity contribution is 7.59. The van der Waals surface area contributed by atoms with Crippen LogP contribution in [0.5, 0.6) is 5.75 Å². The molecule has 3 aromatic carbocycles. The van der Waals surface area contributed by atoms with Crippen molar-refractivity contribution >= 4 is 50.7 Å². The van der Waals surface area contributed by atoms with Crippen LogP contribution in [-0.2, 0) is 24.5 Å². The summed E-state index contributed by atoms with van der Waals surface area (Å²) in [5, 5.41) is 13.6. The predicted molar refractivity (Wildman–Crippen MR) is 195 cm³/mol. The number of β-amino-alcohol motifs (C(OH)–C–C–N with tert-alkyl or cyclic N) is 1. The molecule has 2 fully saturated rings. The van der Waals surface area contributed by atoms with Gasteiger partial charge in [0.1, 0.15) is 11.8 Å². The van der Waals surface area contributed by atoms with Crippen molar-refractivity contribution in [1.82, 2.24) is 15.1 Å². The van der Waals surface area contributed by atoms with E-state index in [0.29, 0.717) is 50.1 Å². The highest BCUT2D eigenvalue weighted by Crippen LogP contribution is 2.49. The van der Waals surface area contributed by atoms with Gasteiger partial charge in [-0.2, -0.15) is 27.0 Å². The number of para-hydroxylation sites is 1. The molecule has 2 aliphatic heterocycles. The summed E-state index contributed by atoms with van der Waals surface area (Å²) >= 11 is 0. The third-order valence-corrected chi connectivity index (χ3v) is 10.0. The Morgan fingerprint density at radius 2 is 1.51 bits per heavy atom. The molecular weight excluding hydrogens is 663 g/mol. The molecule has 2 N–H and O–H groups in total. The van der Waals surface area contributed by atoms with Crippen molar-refractivity contribution in [1.29, 1.82) is 0 Å². The maximum absolute atomic E-state index is 14.8. The molecule has 2 heterocycles. The Balaban J connectivity index is 0.00000270. The van der Waals surface area contributed by atoms with Gasteiger partial charge in [0.2, 0.25) is 11.8 Å². The molecule has 3 aliphatic rings. The quantitative estimate of drug-likeness (QED) is 0.360. The number of benzene rings is 3. The first-order valence-electron chi connectivity index (χ1n) is 16.2. The molecule has 0 aromatic heterocycles. The number of piperidine rings is 1. The molecule has 0 radical (unpaired) electrons. The Bertz CT molecular complexity index is 1650. The van der Waals surface area contributed by atoms with Gasteiger partial charge in [-0.3, -0.25) is 14.4 Å². The first-order valence-corrected chi connectivity index (χ1v) is 16.2. The van der Waals surface area contributed by atoms with Gasteiger partial charge >= 0.3 is 5.97 Å². The second kappa shape index (κ2) is 16.1. The van der Waals surface area contributed by atoms with Crippen molar-refractivity contribution in [3.63, 3.8) is 0 Å². The fourth-order valence-electron chi connectivity index (χ4n) is 7.67. The van der Waals surface area contributed by atoms with Crippen molar-refractivity contribution in [2.75, 3.05) is 33.9 Å². The number of rotatable bonds is 7. The summed E-state index contributed by atoms with van der Waals surface area (Å²) in [6.07, 6.45) is 1.31. The zero-order chi connectivity index (χ0) is 33.1. The summed E-state index contributed by atoms with van der Waals surface area (Å²) in [4.78, 5) is 58.0. The summed E-state index contributed by atoms with van der Waals surface area (Å²) in [6.45, 7) is 1.04. The minimum Gasteiger partial charge on any atom is -0.496 e. The molecule has 0 bridgehead atoms. The highest BCUT2D eigenvalue weighted by atomic mass is 32.1. The van der Waals surface area contributed by atoms with E-state index in [4.69, 9.17) is 9.47 Å². The lowest BCUT2D eigenvalue weighted by Crippen LogP contribution is -2.54. The van der Waals surface area contributed by atoms with E-state index in [0.717, 1.165) is 16.7 Å². The third-order valence-electron chi connectivity index (χ3n) is 10.0. The summed E-state index contributed by atoms with van der Waals surface area (Å²) < 4.78 is 10.4. The zero-order valence-electron chi connectivity index (χ0n) is 27.8. The Labute approximate surface area is 301 Å². The van der Waals surface area contributed by atoms with Crippen LogP contribution in [0.1, 0.15) is 65.1 Å². The normalized spacial score (nSPS) is 23.3. The minimum absolute atomic E-state index is 0. The van der Waals surface area contributed by atoms with Crippen LogP contribution < -0.4 is 10.1 Å². The molecule has 3 amide bonds. The number of carbonyl (C=O) groups is 4. The number of amides is 3. The number of hydrogen-bond donors (Lipinski definition) is 2. The molecule has 3 aromatic rings. The lowest BCUT2D eigenvalue weighted by atomic mass is 9.62. The number of aliphatic hydroxyl groups is 1. The van der Waals surface area contributed by atoms with Crippen LogP contribution in [0.4, 0.5) is 0 Å². The molecule has 0 unspecified atom stereocenters. The lowest BCUT2D eigenvalue weighted by molar-refractivity contribution is -0.152. The van der Waals surface area contributed by atoms with Gasteiger partial charge in [-0.05, 0) is 54.5 Å². The van der Waals surface area contributed by atoms with Gasteiger partial charge in [-0.25, -0.2) is 4.79 Å². The van der Waals surface area contributed by atoms with Gasteiger partial charge in [0.15, 0.2) is 0 Å². The van der Waals surface area contributed by atoms with E-state index < -0.39 is 29.4 Å². The molecule has 262 valence electrons. The van der Waals surface area contributed by atoms with Crippen LogP contribution in [0.3, 0.4) is 0 Å². The van der Waals surface area contributed by atoms with Crippen LogP contribution in [0.2, 0.25) is 0 Å². The summed E-state index contributed by atoms with van der Waals surface area (Å²) in [6, 6.07) is 23.3. The van der Waals surface area contributed by atoms with Crippen LogP contribution in [0.15, 0.2) is 78.9 Å². The van der Waals surface area contributed by atoms with E-state index in [2.05, 4.69) is 5.32 Å². The summed E-state index contributed by atoms with van der Waals surface area (Å²) in [5.41, 5.74) is 1.64. The number of carbonyl (C=O) groups excluding carboxylic acids is 4. The van der Waals surface area contributed by atoms with Crippen LogP contribution in [0.25, 0.3) is 0 Å². The maximum atomic E-state index is 14.8. The van der Waals surface area contributed by atoms with E-state index in [1.807, 2.05) is 65.6 Å². The number of ether oxygens (including phenoxy) is 2. The van der Waals surface area contributed by atoms with E-state index >= 15 is 0 Å². The van der Waals surface area contributed by atoms with Crippen LogP contribution in [0, 0.1) is 0 Å². The van der Waals surface area contributed by atoms with Crippen LogP contribution in [-0.4, -0.2) is 90.6 Å². The number of hydrogen-bond acceptors (Lipinski definition) is 7. The topological polar surface area (TPSA) is 125 Å². The standard InChI is InChI=1S/C37H41N3O7.2H2S/c1-46-32-15-9-7-13-29(32)33(42)38-25-17-20-39(21-18-25)34(43)28-16-19-37(24-10-4-3-5-11-24,30-14-8-6-12-27(28)30)36(45)40-23-26(41)22-31(40)35(44)47-2;;/h3-15,25-26,28,31,41H,16-23H2,1-2H3,(H,38,42);2*1H2/t26-,28+,31+,37-;;/m1../s1. The van der Waals surface area contributed by atoms with E-state index in [9.17, 15) is 24.3 Å².